The van der Waals surface area contributed by atoms with Gasteiger partial charge in [-0.2, -0.15) is 0 Å². The summed E-state index contributed by atoms with van der Waals surface area (Å²) >= 11 is 5.44. The monoisotopic (exact) mass is 257 g/mol. The SMILES string of the molecule is Nc1nc(C(F)F)c(S(N)(=O)=O)cc1Cl. The molecule has 0 aromatic carbocycles. The van der Waals surface area contributed by atoms with Gasteiger partial charge < -0.3 is 5.73 Å². The Morgan fingerprint density at radius 1 is 1.47 bits per heavy atom. The van der Waals surface area contributed by atoms with Gasteiger partial charge in [-0.1, -0.05) is 11.6 Å². The van der Waals surface area contributed by atoms with Crippen molar-refractivity contribution in [3.8, 4) is 0 Å². The fraction of sp³-hybridized carbons (Fsp3) is 0.167. The Morgan fingerprint density at radius 3 is 2.40 bits per heavy atom. The fourth-order valence-corrected chi connectivity index (χ4v) is 1.81. The van der Waals surface area contributed by atoms with Crippen molar-refractivity contribution in [2.45, 2.75) is 11.3 Å². The third kappa shape index (κ3) is 2.52. The quantitative estimate of drug-likeness (QED) is 0.822. The van der Waals surface area contributed by atoms with Gasteiger partial charge in [0.2, 0.25) is 10.0 Å². The lowest BCUT2D eigenvalue weighted by Gasteiger charge is -2.07. The summed E-state index contributed by atoms with van der Waals surface area (Å²) in [6.07, 6.45) is -3.10. The molecule has 0 amide bonds. The van der Waals surface area contributed by atoms with Crippen molar-refractivity contribution in [3.05, 3.63) is 16.8 Å². The minimum Gasteiger partial charge on any atom is -0.382 e. The molecular weight excluding hydrogens is 252 g/mol. The molecular formula is C6H6ClF2N3O2S. The van der Waals surface area contributed by atoms with Gasteiger partial charge in [-0.15, -0.1) is 0 Å². The lowest BCUT2D eigenvalue weighted by Crippen LogP contribution is -2.16. The second-order valence-corrected chi connectivity index (χ2v) is 4.52. The van der Waals surface area contributed by atoms with Crippen LogP contribution in [0.25, 0.3) is 0 Å². The largest absolute Gasteiger partial charge is 0.382 e. The van der Waals surface area contributed by atoms with Crippen LogP contribution in [0.15, 0.2) is 11.0 Å². The predicted octanol–water partition coefficient (Wildman–Crippen LogP) is 0.902. The normalized spacial score (nSPS) is 12.1. The molecule has 5 nitrogen and oxygen atoms in total. The maximum Gasteiger partial charge on any atom is 0.281 e. The second-order valence-electron chi connectivity index (χ2n) is 2.58. The van der Waals surface area contributed by atoms with E-state index in [2.05, 4.69) is 4.98 Å². The van der Waals surface area contributed by atoms with Crippen molar-refractivity contribution in [1.29, 1.82) is 0 Å². The Bertz CT molecular complexity index is 491. The zero-order chi connectivity index (χ0) is 11.8. The average molecular weight is 258 g/mol. The van der Waals surface area contributed by atoms with E-state index in [1.54, 1.807) is 0 Å². The highest BCUT2D eigenvalue weighted by Gasteiger charge is 2.24. The molecule has 1 aromatic rings. The summed E-state index contributed by atoms with van der Waals surface area (Å²) in [6, 6.07) is 0.751. The van der Waals surface area contributed by atoms with Crippen LogP contribution in [-0.2, 0) is 10.0 Å². The molecule has 0 unspecified atom stereocenters. The summed E-state index contributed by atoms with van der Waals surface area (Å²) < 4.78 is 46.6. The number of sulfonamides is 1. The number of primary sulfonamides is 1. The molecule has 0 spiro atoms. The molecule has 15 heavy (non-hydrogen) atoms. The number of hydrogen-bond acceptors (Lipinski definition) is 4. The number of anilines is 1. The second kappa shape index (κ2) is 3.87. The van der Waals surface area contributed by atoms with Crippen LogP contribution in [-0.4, -0.2) is 13.4 Å². The Labute approximate surface area is 89.1 Å². The van der Waals surface area contributed by atoms with Crippen molar-refractivity contribution in [3.63, 3.8) is 0 Å². The molecule has 0 bridgehead atoms. The number of nitrogen functional groups attached to an aromatic ring is 1. The van der Waals surface area contributed by atoms with E-state index < -0.39 is 27.0 Å². The summed E-state index contributed by atoms with van der Waals surface area (Å²) in [5, 5.41) is 4.47. The van der Waals surface area contributed by atoms with Crippen molar-refractivity contribution in [2.75, 3.05) is 5.73 Å². The van der Waals surface area contributed by atoms with Crippen molar-refractivity contribution < 1.29 is 17.2 Å². The van der Waals surface area contributed by atoms with Gasteiger partial charge in [-0.25, -0.2) is 27.3 Å². The van der Waals surface area contributed by atoms with Gasteiger partial charge in [-0.3, -0.25) is 0 Å². The Kier molecular flexibility index (Phi) is 3.12. The zero-order valence-corrected chi connectivity index (χ0v) is 8.69. The highest BCUT2D eigenvalue weighted by Crippen LogP contribution is 2.29. The number of halogens is 3. The van der Waals surface area contributed by atoms with E-state index in [4.69, 9.17) is 22.5 Å². The van der Waals surface area contributed by atoms with Crippen molar-refractivity contribution in [1.82, 2.24) is 4.98 Å². The molecule has 0 atom stereocenters. The van der Waals surface area contributed by atoms with Crippen LogP contribution in [0.5, 0.6) is 0 Å². The number of aromatic nitrogens is 1. The number of pyridine rings is 1. The number of hydrogen-bond donors (Lipinski definition) is 2. The van der Waals surface area contributed by atoms with Crippen LogP contribution in [0.4, 0.5) is 14.6 Å². The van der Waals surface area contributed by atoms with E-state index in [0.717, 1.165) is 6.07 Å². The number of rotatable bonds is 2. The minimum atomic E-state index is -4.30. The lowest BCUT2D eigenvalue weighted by atomic mass is 10.3. The topological polar surface area (TPSA) is 99.1 Å². The lowest BCUT2D eigenvalue weighted by molar-refractivity contribution is 0.142. The van der Waals surface area contributed by atoms with Gasteiger partial charge >= 0.3 is 0 Å². The fourth-order valence-electron chi connectivity index (χ4n) is 0.885. The first kappa shape index (κ1) is 12.1. The molecule has 84 valence electrons. The summed E-state index contributed by atoms with van der Waals surface area (Å²) in [5.74, 6) is -0.376. The van der Waals surface area contributed by atoms with Crippen molar-refractivity contribution >= 4 is 27.4 Å². The molecule has 1 rings (SSSR count). The number of nitrogens with two attached hydrogens (primary N) is 2. The van der Waals surface area contributed by atoms with Crippen LogP contribution in [0.2, 0.25) is 5.02 Å². The molecule has 9 heteroatoms. The van der Waals surface area contributed by atoms with E-state index in [-0.39, 0.29) is 10.8 Å². The average Bonchev–Trinajstić information content (AvgIpc) is 2.06. The highest BCUT2D eigenvalue weighted by molar-refractivity contribution is 7.89. The maximum absolute atomic E-state index is 12.4. The molecule has 0 fully saturated rings. The highest BCUT2D eigenvalue weighted by atomic mass is 35.5. The van der Waals surface area contributed by atoms with Gasteiger partial charge in [0, 0.05) is 0 Å². The summed E-state index contributed by atoms with van der Waals surface area (Å²) in [4.78, 5) is 2.35. The van der Waals surface area contributed by atoms with Crippen LogP contribution in [0.1, 0.15) is 12.1 Å². The first-order valence-corrected chi connectivity index (χ1v) is 5.42. The van der Waals surface area contributed by atoms with E-state index >= 15 is 0 Å². The van der Waals surface area contributed by atoms with Gasteiger partial charge in [0.25, 0.3) is 6.43 Å². The number of nitrogens with zero attached hydrogens (tertiary/aromatic N) is 1. The molecule has 1 heterocycles. The standard InChI is InChI=1S/C6H6ClF2N3O2S/c7-2-1-3(15(11,13)14)4(5(8)9)12-6(2)10/h1,5H,(H2,10,12)(H2,11,13,14). The summed E-state index contributed by atoms with van der Waals surface area (Å²) in [5.41, 5.74) is 4.16. The predicted molar refractivity (Wildman–Crippen MR) is 50.0 cm³/mol. The van der Waals surface area contributed by atoms with E-state index in [9.17, 15) is 17.2 Å². The Balaban J connectivity index is 3.56. The molecule has 0 saturated carbocycles. The third-order valence-corrected chi connectivity index (χ3v) is 2.75. The Morgan fingerprint density at radius 2 is 2.00 bits per heavy atom. The maximum atomic E-state index is 12.4. The van der Waals surface area contributed by atoms with Crippen LogP contribution in [0.3, 0.4) is 0 Å². The number of alkyl halides is 2. The van der Waals surface area contributed by atoms with Crippen LogP contribution >= 0.6 is 11.6 Å². The van der Waals surface area contributed by atoms with Crippen LogP contribution < -0.4 is 10.9 Å². The Hall–Kier alpha value is -0.990. The van der Waals surface area contributed by atoms with Gasteiger partial charge in [0.15, 0.2) is 0 Å². The van der Waals surface area contributed by atoms with Crippen molar-refractivity contribution in [2.24, 2.45) is 5.14 Å². The first-order chi connectivity index (χ1) is 6.73. The van der Waals surface area contributed by atoms with Gasteiger partial charge in [0.1, 0.15) is 16.4 Å². The third-order valence-electron chi connectivity index (χ3n) is 1.51. The summed E-state index contributed by atoms with van der Waals surface area (Å²) in [6.45, 7) is 0. The molecule has 4 N–H and O–H groups in total. The molecule has 1 aromatic heterocycles. The van der Waals surface area contributed by atoms with E-state index in [1.807, 2.05) is 0 Å². The van der Waals surface area contributed by atoms with E-state index in [1.165, 1.54) is 0 Å². The molecule has 0 saturated heterocycles. The van der Waals surface area contributed by atoms with E-state index in [0.29, 0.717) is 0 Å². The molecule has 0 aliphatic carbocycles. The first-order valence-electron chi connectivity index (χ1n) is 3.50. The molecule has 0 aliphatic rings. The minimum absolute atomic E-state index is 0.247. The van der Waals surface area contributed by atoms with Crippen LogP contribution in [0, 0.1) is 0 Å². The molecule has 0 radical (unpaired) electrons. The molecule has 0 aliphatic heterocycles. The smallest absolute Gasteiger partial charge is 0.281 e. The summed E-state index contributed by atoms with van der Waals surface area (Å²) in [7, 11) is -4.30. The van der Waals surface area contributed by atoms with Gasteiger partial charge in [0.05, 0.1) is 5.02 Å². The van der Waals surface area contributed by atoms with Gasteiger partial charge in [-0.05, 0) is 6.07 Å². The zero-order valence-electron chi connectivity index (χ0n) is 7.12.